The Morgan fingerprint density at radius 1 is 1.43 bits per heavy atom. The SMILES string of the molecule is Oc1ccccc1SCC1CCCN1. The summed E-state index contributed by atoms with van der Waals surface area (Å²) < 4.78 is 0. The fourth-order valence-corrected chi connectivity index (χ4v) is 2.72. The van der Waals surface area contributed by atoms with Crippen LogP contribution < -0.4 is 5.32 Å². The number of benzene rings is 1. The van der Waals surface area contributed by atoms with Gasteiger partial charge in [-0.25, -0.2) is 0 Å². The highest BCUT2D eigenvalue weighted by Gasteiger charge is 2.14. The van der Waals surface area contributed by atoms with Crippen LogP contribution in [0, 0.1) is 0 Å². The number of thioether (sulfide) groups is 1. The van der Waals surface area contributed by atoms with Crippen molar-refractivity contribution in [1.29, 1.82) is 0 Å². The highest BCUT2D eigenvalue weighted by Crippen LogP contribution is 2.28. The quantitative estimate of drug-likeness (QED) is 0.749. The molecular formula is C11H15NOS. The van der Waals surface area contributed by atoms with E-state index in [1.54, 1.807) is 17.8 Å². The summed E-state index contributed by atoms with van der Waals surface area (Å²) in [5.41, 5.74) is 0. The third kappa shape index (κ3) is 2.42. The van der Waals surface area contributed by atoms with Crippen molar-refractivity contribution in [1.82, 2.24) is 5.32 Å². The van der Waals surface area contributed by atoms with Crippen molar-refractivity contribution in [3.05, 3.63) is 24.3 Å². The summed E-state index contributed by atoms with van der Waals surface area (Å²) >= 11 is 1.73. The van der Waals surface area contributed by atoms with Crippen LogP contribution in [-0.4, -0.2) is 23.4 Å². The van der Waals surface area contributed by atoms with Crippen LogP contribution in [0.3, 0.4) is 0 Å². The molecule has 1 aromatic carbocycles. The lowest BCUT2D eigenvalue weighted by Crippen LogP contribution is -2.23. The first-order chi connectivity index (χ1) is 6.86. The molecule has 0 bridgehead atoms. The molecule has 2 rings (SSSR count). The van der Waals surface area contributed by atoms with E-state index in [1.165, 1.54) is 12.8 Å². The number of rotatable bonds is 3. The summed E-state index contributed by atoms with van der Waals surface area (Å²) in [6, 6.07) is 8.15. The van der Waals surface area contributed by atoms with Gasteiger partial charge < -0.3 is 10.4 Å². The van der Waals surface area contributed by atoms with Gasteiger partial charge in [0.25, 0.3) is 0 Å². The first-order valence-corrected chi connectivity index (χ1v) is 5.99. The molecule has 1 saturated heterocycles. The highest BCUT2D eigenvalue weighted by atomic mass is 32.2. The third-order valence-corrected chi connectivity index (χ3v) is 3.69. The predicted octanol–water partition coefficient (Wildman–Crippen LogP) is 2.24. The molecule has 1 fully saturated rings. The van der Waals surface area contributed by atoms with Crippen LogP contribution in [0.4, 0.5) is 0 Å². The normalized spacial score (nSPS) is 21.3. The Labute approximate surface area is 88.7 Å². The molecule has 2 N–H and O–H groups in total. The van der Waals surface area contributed by atoms with E-state index >= 15 is 0 Å². The molecule has 0 spiro atoms. The van der Waals surface area contributed by atoms with Gasteiger partial charge >= 0.3 is 0 Å². The Bertz CT molecular complexity index is 297. The van der Waals surface area contributed by atoms with Crippen molar-refractivity contribution in [3.8, 4) is 5.75 Å². The summed E-state index contributed by atoms with van der Waals surface area (Å²) in [6.45, 7) is 1.14. The Balaban J connectivity index is 1.88. The zero-order chi connectivity index (χ0) is 9.80. The average molecular weight is 209 g/mol. The minimum absolute atomic E-state index is 0.399. The van der Waals surface area contributed by atoms with Crippen LogP contribution in [0.15, 0.2) is 29.2 Å². The molecule has 2 nitrogen and oxygen atoms in total. The van der Waals surface area contributed by atoms with E-state index in [2.05, 4.69) is 5.32 Å². The first kappa shape index (κ1) is 9.87. The molecular weight excluding hydrogens is 194 g/mol. The maximum atomic E-state index is 9.54. The van der Waals surface area contributed by atoms with Crippen LogP contribution in [-0.2, 0) is 0 Å². The number of para-hydroxylation sites is 1. The van der Waals surface area contributed by atoms with Gasteiger partial charge in [-0.3, -0.25) is 0 Å². The van der Waals surface area contributed by atoms with E-state index in [4.69, 9.17) is 0 Å². The number of aromatic hydroxyl groups is 1. The summed E-state index contributed by atoms with van der Waals surface area (Å²) in [6.07, 6.45) is 2.55. The lowest BCUT2D eigenvalue weighted by atomic mass is 10.3. The molecule has 3 heteroatoms. The van der Waals surface area contributed by atoms with Gasteiger partial charge in [0, 0.05) is 16.7 Å². The van der Waals surface area contributed by atoms with Gasteiger partial charge in [0.15, 0.2) is 0 Å². The second-order valence-corrected chi connectivity index (χ2v) is 4.63. The lowest BCUT2D eigenvalue weighted by molar-refractivity contribution is 0.462. The summed E-state index contributed by atoms with van der Waals surface area (Å²) in [7, 11) is 0. The molecule has 0 saturated carbocycles. The zero-order valence-corrected chi connectivity index (χ0v) is 8.89. The first-order valence-electron chi connectivity index (χ1n) is 5.00. The fraction of sp³-hybridized carbons (Fsp3) is 0.455. The number of phenols is 1. The van der Waals surface area contributed by atoms with Crippen LogP contribution in [0.25, 0.3) is 0 Å². The average Bonchev–Trinajstić information content (AvgIpc) is 2.69. The molecule has 76 valence electrons. The van der Waals surface area contributed by atoms with Crippen molar-refractivity contribution in [2.75, 3.05) is 12.3 Å². The maximum absolute atomic E-state index is 9.54. The highest BCUT2D eigenvalue weighted by molar-refractivity contribution is 7.99. The molecule has 1 aliphatic rings. The second-order valence-electron chi connectivity index (χ2n) is 3.57. The molecule has 0 aromatic heterocycles. The van der Waals surface area contributed by atoms with E-state index in [9.17, 15) is 5.11 Å². The Morgan fingerprint density at radius 2 is 2.29 bits per heavy atom. The van der Waals surface area contributed by atoms with Crippen molar-refractivity contribution in [2.24, 2.45) is 0 Å². The summed E-state index contributed by atoms with van der Waals surface area (Å²) in [5.74, 6) is 1.45. The second kappa shape index (κ2) is 4.71. The van der Waals surface area contributed by atoms with Gasteiger partial charge in [0.1, 0.15) is 5.75 Å². The number of nitrogens with one attached hydrogen (secondary N) is 1. The fourth-order valence-electron chi connectivity index (χ4n) is 1.67. The predicted molar refractivity (Wildman–Crippen MR) is 59.9 cm³/mol. The molecule has 0 aliphatic carbocycles. The Hall–Kier alpha value is -0.670. The molecule has 1 aromatic rings. The standard InChI is InChI=1S/C11H15NOS/c13-10-5-1-2-6-11(10)14-8-9-4-3-7-12-9/h1-2,5-6,9,12-13H,3-4,7-8H2. The summed E-state index contributed by atoms with van der Waals surface area (Å²) in [4.78, 5) is 0.987. The van der Waals surface area contributed by atoms with Crippen molar-refractivity contribution in [2.45, 2.75) is 23.8 Å². The van der Waals surface area contributed by atoms with Gasteiger partial charge in [-0.2, -0.15) is 0 Å². The number of hydrogen-bond donors (Lipinski definition) is 2. The van der Waals surface area contributed by atoms with Gasteiger partial charge in [-0.1, -0.05) is 12.1 Å². The van der Waals surface area contributed by atoms with Crippen molar-refractivity contribution >= 4 is 11.8 Å². The molecule has 0 amide bonds. The Morgan fingerprint density at radius 3 is 3.00 bits per heavy atom. The molecule has 0 radical (unpaired) electrons. The topological polar surface area (TPSA) is 32.3 Å². The van der Waals surface area contributed by atoms with Crippen LogP contribution >= 0.6 is 11.8 Å². The largest absolute Gasteiger partial charge is 0.507 e. The van der Waals surface area contributed by atoms with Gasteiger partial charge in [0.2, 0.25) is 0 Å². The molecule has 14 heavy (non-hydrogen) atoms. The monoisotopic (exact) mass is 209 g/mol. The van der Waals surface area contributed by atoms with E-state index in [0.717, 1.165) is 17.2 Å². The van der Waals surface area contributed by atoms with Gasteiger partial charge in [-0.05, 0) is 31.5 Å². The molecule has 1 unspecified atom stereocenters. The van der Waals surface area contributed by atoms with Gasteiger partial charge in [-0.15, -0.1) is 11.8 Å². The van der Waals surface area contributed by atoms with Crippen LogP contribution in [0.1, 0.15) is 12.8 Å². The zero-order valence-electron chi connectivity index (χ0n) is 8.07. The van der Waals surface area contributed by atoms with Crippen molar-refractivity contribution < 1.29 is 5.11 Å². The minimum atomic E-state index is 0.399. The Kier molecular flexibility index (Phi) is 3.32. The van der Waals surface area contributed by atoms with Gasteiger partial charge in [0.05, 0.1) is 0 Å². The lowest BCUT2D eigenvalue weighted by Gasteiger charge is -2.09. The van der Waals surface area contributed by atoms with E-state index < -0.39 is 0 Å². The number of phenolic OH excluding ortho intramolecular Hbond substituents is 1. The van der Waals surface area contributed by atoms with Crippen molar-refractivity contribution in [3.63, 3.8) is 0 Å². The van der Waals surface area contributed by atoms with E-state index in [-0.39, 0.29) is 0 Å². The van der Waals surface area contributed by atoms with E-state index in [0.29, 0.717) is 11.8 Å². The van der Waals surface area contributed by atoms with Crippen LogP contribution in [0.5, 0.6) is 5.75 Å². The summed E-state index contributed by atoms with van der Waals surface area (Å²) in [5, 5.41) is 13.0. The van der Waals surface area contributed by atoms with E-state index in [1.807, 2.05) is 18.2 Å². The molecule has 1 heterocycles. The molecule has 1 atom stereocenters. The minimum Gasteiger partial charge on any atom is -0.507 e. The molecule has 1 aliphatic heterocycles. The number of hydrogen-bond acceptors (Lipinski definition) is 3. The maximum Gasteiger partial charge on any atom is 0.129 e. The third-order valence-electron chi connectivity index (χ3n) is 2.47. The van der Waals surface area contributed by atoms with Crippen LogP contribution in [0.2, 0.25) is 0 Å². The smallest absolute Gasteiger partial charge is 0.129 e.